The van der Waals surface area contributed by atoms with E-state index >= 15 is 0 Å². The molecule has 2 heterocycles. The van der Waals surface area contributed by atoms with Crippen LogP contribution in [0, 0.1) is 0 Å². The van der Waals surface area contributed by atoms with Crippen molar-refractivity contribution in [1.29, 1.82) is 0 Å². The molecule has 1 fully saturated rings. The van der Waals surface area contributed by atoms with Gasteiger partial charge >= 0.3 is 0 Å². The fourth-order valence-electron chi connectivity index (χ4n) is 2.72. The minimum atomic E-state index is -2.88. The zero-order chi connectivity index (χ0) is 14.6. The topological polar surface area (TPSA) is 75.4 Å². The molecule has 0 unspecified atom stereocenters. The summed E-state index contributed by atoms with van der Waals surface area (Å²) in [5.41, 5.74) is 1.18. The molecule has 0 spiro atoms. The largest absolute Gasteiger partial charge is 0.394 e. The number of aromatic nitrogens is 2. The molecular weight excluding hydrogens is 278 g/mol. The first kappa shape index (κ1) is 15.5. The second-order valence-corrected chi connectivity index (χ2v) is 7.71. The molecule has 0 amide bonds. The van der Waals surface area contributed by atoms with Crippen molar-refractivity contribution in [3.63, 3.8) is 0 Å². The van der Waals surface area contributed by atoms with E-state index in [1.54, 1.807) is 6.20 Å². The minimum absolute atomic E-state index is 0.0991. The summed E-state index contributed by atoms with van der Waals surface area (Å²) in [5.74, 6) is 0.693. The van der Waals surface area contributed by atoms with Crippen LogP contribution in [0.3, 0.4) is 0 Å². The average Bonchev–Trinajstić information content (AvgIpc) is 2.85. The van der Waals surface area contributed by atoms with Gasteiger partial charge in [-0.15, -0.1) is 0 Å². The van der Waals surface area contributed by atoms with E-state index in [9.17, 15) is 8.42 Å². The predicted molar refractivity (Wildman–Crippen MR) is 77.4 cm³/mol. The maximum absolute atomic E-state index is 11.2. The molecule has 1 aliphatic rings. The van der Waals surface area contributed by atoms with E-state index < -0.39 is 9.84 Å². The monoisotopic (exact) mass is 301 g/mol. The van der Waals surface area contributed by atoms with Gasteiger partial charge < -0.3 is 10.0 Å². The highest BCUT2D eigenvalue weighted by Gasteiger charge is 2.23. The molecule has 0 bridgehead atoms. The zero-order valence-electron chi connectivity index (χ0n) is 11.9. The van der Waals surface area contributed by atoms with Crippen molar-refractivity contribution in [2.24, 2.45) is 0 Å². The number of likely N-dealkylation sites (tertiary alicyclic amines) is 1. The van der Waals surface area contributed by atoms with Gasteiger partial charge in [0.1, 0.15) is 9.84 Å². The highest BCUT2D eigenvalue weighted by atomic mass is 32.2. The summed E-state index contributed by atoms with van der Waals surface area (Å²) < 4.78 is 24.2. The average molecular weight is 301 g/mol. The summed E-state index contributed by atoms with van der Waals surface area (Å²) in [4.78, 5) is 2.21. The van der Waals surface area contributed by atoms with E-state index in [0.717, 1.165) is 25.9 Å². The molecule has 6 nitrogen and oxygen atoms in total. The Balaban J connectivity index is 1.86. The van der Waals surface area contributed by atoms with E-state index in [-0.39, 0.29) is 12.4 Å². The Labute approximate surface area is 120 Å². The Morgan fingerprint density at radius 1 is 1.35 bits per heavy atom. The molecule has 0 aromatic carbocycles. The lowest BCUT2D eigenvalue weighted by Gasteiger charge is -2.31. The number of nitrogens with zero attached hydrogens (tertiary/aromatic N) is 3. The van der Waals surface area contributed by atoms with Gasteiger partial charge in [-0.25, -0.2) is 8.42 Å². The first-order chi connectivity index (χ1) is 9.49. The van der Waals surface area contributed by atoms with Gasteiger partial charge in [0.15, 0.2) is 0 Å². The van der Waals surface area contributed by atoms with E-state index in [4.69, 9.17) is 5.11 Å². The molecule has 1 aromatic rings. The van der Waals surface area contributed by atoms with Gasteiger partial charge in [0.2, 0.25) is 0 Å². The van der Waals surface area contributed by atoms with Crippen LogP contribution in [0.2, 0.25) is 0 Å². The SMILES string of the molecule is CS(=O)(=O)CCN1CCC(c2ccnn2CCO)CC1. The third-order valence-corrected chi connectivity index (χ3v) is 4.77. The van der Waals surface area contributed by atoms with Crippen molar-refractivity contribution in [2.75, 3.05) is 38.2 Å². The molecule has 0 radical (unpaired) electrons. The van der Waals surface area contributed by atoms with E-state index in [2.05, 4.69) is 10.00 Å². The van der Waals surface area contributed by atoms with E-state index in [1.807, 2.05) is 10.7 Å². The van der Waals surface area contributed by atoms with Crippen molar-refractivity contribution in [2.45, 2.75) is 25.3 Å². The van der Waals surface area contributed by atoms with E-state index in [0.29, 0.717) is 19.0 Å². The van der Waals surface area contributed by atoms with Gasteiger partial charge in [-0.2, -0.15) is 5.10 Å². The molecule has 1 saturated heterocycles. The van der Waals surface area contributed by atoms with Gasteiger partial charge in [0.05, 0.1) is 18.9 Å². The first-order valence-electron chi connectivity index (χ1n) is 7.02. The Morgan fingerprint density at radius 3 is 2.65 bits per heavy atom. The second kappa shape index (κ2) is 6.69. The number of piperidine rings is 1. The predicted octanol–water partition coefficient (Wildman–Crippen LogP) is 0.0994. The van der Waals surface area contributed by atoms with Crippen molar-refractivity contribution >= 4 is 9.84 Å². The summed E-state index contributed by atoms with van der Waals surface area (Å²) in [6.45, 7) is 3.11. The molecular formula is C13H23N3O3S. The van der Waals surface area contributed by atoms with E-state index in [1.165, 1.54) is 11.9 Å². The Hall–Kier alpha value is -0.920. The Morgan fingerprint density at radius 2 is 2.05 bits per heavy atom. The molecule has 1 aliphatic heterocycles. The van der Waals surface area contributed by atoms with Crippen LogP contribution in [-0.4, -0.2) is 66.5 Å². The normalized spacial score (nSPS) is 18.5. The number of rotatable bonds is 6. The summed E-state index contributed by atoms with van der Waals surface area (Å²) in [7, 11) is -2.88. The Bertz CT molecular complexity index is 519. The molecule has 20 heavy (non-hydrogen) atoms. The third-order valence-electron chi connectivity index (χ3n) is 3.85. The standard InChI is InChI=1S/C13H23N3O3S/c1-20(18,19)11-9-15-6-3-12(4-7-15)13-2-5-14-16(13)8-10-17/h2,5,12,17H,3-4,6-11H2,1H3. The summed E-state index contributed by atoms with van der Waals surface area (Å²) in [6.07, 6.45) is 5.09. The van der Waals surface area contributed by atoms with Crippen LogP contribution >= 0.6 is 0 Å². The zero-order valence-corrected chi connectivity index (χ0v) is 12.7. The lowest BCUT2D eigenvalue weighted by Crippen LogP contribution is -2.36. The smallest absolute Gasteiger partial charge is 0.148 e. The van der Waals surface area contributed by atoms with Crippen LogP contribution in [0.15, 0.2) is 12.3 Å². The van der Waals surface area contributed by atoms with Gasteiger partial charge in [0.25, 0.3) is 0 Å². The lowest BCUT2D eigenvalue weighted by molar-refractivity contribution is 0.215. The second-order valence-electron chi connectivity index (χ2n) is 5.45. The van der Waals surface area contributed by atoms with Gasteiger partial charge in [0, 0.05) is 30.6 Å². The maximum atomic E-state index is 11.2. The molecule has 2 rings (SSSR count). The van der Waals surface area contributed by atoms with Crippen molar-refractivity contribution < 1.29 is 13.5 Å². The van der Waals surface area contributed by atoms with Crippen LogP contribution < -0.4 is 0 Å². The van der Waals surface area contributed by atoms with Gasteiger partial charge in [-0.3, -0.25) is 4.68 Å². The molecule has 0 saturated carbocycles. The van der Waals surface area contributed by atoms with Crippen LogP contribution in [0.5, 0.6) is 0 Å². The molecule has 1 N–H and O–H groups in total. The van der Waals surface area contributed by atoms with Gasteiger partial charge in [-0.1, -0.05) is 0 Å². The van der Waals surface area contributed by atoms with Crippen LogP contribution in [0.25, 0.3) is 0 Å². The third kappa shape index (κ3) is 4.29. The summed E-state index contributed by atoms with van der Waals surface area (Å²) >= 11 is 0. The molecule has 0 aliphatic carbocycles. The number of hydrogen-bond acceptors (Lipinski definition) is 5. The maximum Gasteiger partial charge on any atom is 0.148 e. The number of sulfone groups is 1. The van der Waals surface area contributed by atoms with Crippen LogP contribution in [0.1, 0.15) is 24.5 Å². The molecule has 1 aromatic heterocycles. The summed E-state index contributed by atoms with van der Waals surface area (Å²) in [6, 6.07) is 2.02. The minimum Gasteiger partial charge on any atom is -0.394 e. The molecule has 114 valence electrons. The highest BCUT2D eigenvalue weighted by molar-refractivity contribution is 7.90. The Kier molecular flexibility index (Phi) is 5.17. The molecule has 7 heteroatoms. The number of aliphatic hydroxyl groups is 1. The number of aliphatic hydroxyl groups excluding tert-OH is 1. The van der Waals surface area contributed by atoms with Crippen LogP contribution in [-0.2, 0) is 16.4 Å². The van der Waals surface area contributed by atoms with Crippen LogP contribution in [0.4, 0.5) is 0 Å². The highest BCUT2D eigenvalue weighted by Crippen LogP contribution is 2.27. The van der Waals surface area contributed by atoms with Crippen molar-refractivity contribution in [3.8, 4) is 0 Å². The van der Waals surface area contributed by atoms with Gasteiger partial charge in [-0.05, 0) is 32.0 Å². The number of hydrogen-bond donors (Lipinski definition) is 1. The lowest BCUT2D eigenvalue weighted by atomic mass is 9.93. The van der Waals surface area contributed by atoms with Crippen molar-refractivity contribution in [1.82, 2.24) is 14.7 Å². The fraction of sp³-hybridized carbons (Fsp3) is 0.769. The summed E-state index contributed by atoms with van der Waals surface area (Å²) in [5, 5.41) is 13.3. The molecule has 0 atom stereocenters. The fourth-order valence-corrected chi connectivity index (χ4v) is 3.31. The first-order valence-corrected chi connectivity index (χ1v) is 9.08. The van der Waals surface area contributed by atoms with Crippen molar-refractivity contribution in [3.05, 3.63) is 18.0 Å². The quantitative estimate of drug-likeness (QED) is 0.806.